The molecule has 2 amide bonds. The lowest BCUT2D eigenvalue weighted by Crippen LogP contribution is -2.44. The average Bonchev–Trinajstić information content (AvgIpc) is 2.84. The van der Waals surface area contributed by atoms with Crippen LogP contribution in [0.15, 0.2) is 0 Å². The lowest BCUT2D eigenvalue weighted by Gasteiger charge is -2.32. The Bertz CT molecular complexity index is 327. The number of nitrogens with zero attached hydrogens (tertiary/aromatic N) is 2. The van der Waals surface area contributed by atoms with E-state index in [1.165, 1.54) is 4.90 Å². The smallest absolute Gasteiger partial charge is 0.416 e. The first kappa shape index (κ1) is 14.3. The van der Waals surface area contributed by atoms with E-state index in [0.29, 0.717) is 25.6 Å². The lowest BCUT2D eigenvalue weighted by molar-refractivity contribution is -0.129. The van der Waals surface area contributed by atoms with Crippen LogP contribution in [0, 0.1) is 5.92 Å². The number of nitrogens with one attached hydrogen (secondary N) is 1. The maximum atomic E-state index is 11.9. The van der Waals surface area contributed by atoms with Crippen LogP contribution in [0.4, 0.5) is 4.79 Å². The van der Waals surface area contributed by atoms with E-state index in [0.717, 1.165) is 39.0 Å². The Hall–Kier alpha value is -1.14. The van der Waals surface area contributed by atoms with Crippen LogP contribution in [0.25, 0.3) is 0 Å². The van der Waals surface area contributed by atoms with Crippen LogP contribution in [-0.4, -0.2) is 67.7 Å². The Kier molecular flexibility index (Phi) is 5.15. The van der Waals surface area contributed by atoms with Gasteiger partial charge < -0.3 is 10.1 Å². The third-order valence-electron chi connectivity index (χ3n) is 3.81. The van der Waals surface area contributed by atoms with Crippen molar-refractivity contribution in [1.29, 1.82) is 0 Å². The number of carbonyl (C=O) groups is 2. The number of rotatable bonds is 5. The van der Waals surface area contributed by atoms with Crippen LogP contribution < -0.4 is 5.32 Å². The molecule has 2 rings (SSSR count). The molecule has 0 atom stereocenters. The first-order valence-electron chi connectivity index (χ1n) is 7.11. The quantitative estimate of drug-likeness (QED) is 0.777. The van der Waals surface area contributed by atoms with Gasteiger partial charge in [0.05, 0.1) is 13.1 Å². The minimum Gasteiger partial charge on any atom is -0.447 e. The molecule has 6 heteroatoms. The summed E-state index contributed by atoms with van der Waals surface area (Å²) >= 11 is 0. The standard InChI is InChI=1S/C13H23N3O3/c1-2-14-9-11-3-5-15(6-4-11)10-12(17)16-7-8-19-13(16)18/h11,14H,2-10H2,1H3. The molecule has 0 unspecified atom stereocenters. The van der Waals surface area contributed by atoms with Crippen molar-refractivity contribution in [1.82, 2.24) is 15.1 Å². The van der Waals surface area contributed by atoms with E-state index in [-0.39, 0.29) is 5.91 Å². The lowest BCUT2D eigenvalue weighted by atomic mass is 9.97. The van der Waals surface area contributed by atoms with Crippen LogP contribution in [0.2, 0.25) is 0 Å². The summed E-state index contributed by atoms with van der Waals surface area (Å²) in [6.45, 7) is 7.12. The molecular weight excluding hydrogens is 246 g/mol. The highest BCUT2D eigenvalue weighted by Crippen LogP contribution is 2.16. The van der Waals surface area contributed by atoms with Crippen molar-refractivity contribution in [3.63, 3.8) is 0 Å². The molecule has 6 nitrogen and oxygen atoms in total. The number of amides is 2. The minimum absolute atomic E-state index is 0.132. The van der Waals surface area contributed by atoms with Gasteiger partial charge >= 0.3 is 6.09 Å². The Morgan fingerprint density at radius 2 is 2.11 bits per heavy atom. The fourth-order valence-corrected chi connectivity index (χ4v) is 2.59. The third kappa shape index (κ3) is 3.91. The molecule has 2 saturated heterocycles. The first-order valence-corrected chi connectivity index (χ1v) is 7.11. The molecule has 2 aliphatic heterocycles. The van der Waals surface area contributed by atoms with Gasteiger partial charge in [0.2, 0.25) is 5.91 Å². The molecule has 1 N–H and O–H groups in total. The van der Waals surface area contributed by atoms with Crippen molar-refractivity contribution in [3.8, 4) is 0 Å². The monoisotopic (exact) mass is 269 g/mol. The minimum atomic E-state index is -0.493. The zero-order valence-electron chi connectivity index (χ0n) is 11.6. The van der Waals surface area contributed by atoms with E-state index >= 15 is 0 Å². The SMILES string of the molecule is CCNCC1CCN(CC(=O)N2CCOC2=O)CC1. The summed E-state index contributed by atoms with van der Waals surface area (Å²) in [5.74, 6) is 0.579. The van der Waals surface area contributed by atoms with E-state index in [4.69, 9.17) is 4.74 Å². The zero-order valence-corrected chi connectivity index (χ0v) is 11.6. The van der Waals surface area contributed by atoms with Crippen molar-refractivity contribution in [2.75, 3.05) is 45.9 Å². The van der Waals surface area contributed by atoms with E-state index in [1.54, 1.807) is 0 Å². The molecule has 0 radical (unpaired) electrons. The third-order valence-corrected chi connectivity index (χ3v) is 3.81. The van der Waals surface area contributed by atoms with Gasteiger partial charge in [-0.05, 0) is 44.9 Å². The Labute approximate surface area is 114 Å². The number of hydrogen-bond donors (Lipinski definition) is 1. The molecule has 0 bridgehead atoms. The van der Waals surface area contributed by atoms with Crippen molar-refractivity contribution < 1.29 is 14.3 Å². The van der Waals surface area contributed by atoms with Gasteiger partial charge in [-0.3, -0.25) is 9.69 Å². The van der Waals surface area contributed by atoms with Crippen molar-refractivity contribution in [2.24, 2.45) is 5.92 Å². The van der Waals surface area contributed by atoms with Gasteiger partial charge in [-0.2, -0.15) is 0 Å². The van der Waals surface area contributed by atoms with Gasteiger partial charge in [0.25, 0.3) is 0 Å². The predicted octanol–water partition coefficient (Wildman–Crippen LogP) is 0.287. The Balaban J connectivity index is 1.70. The van der Waals surface area contributed by atoms with E-state index in [1.807, 2.05) is 0 Å². The summed E-state index contributed by atoms with van der Waals surface area (Å²) in [5.41, 5.74) is 0. The van der Waals surface area contributed by atoms with Gasteiger partial charge in [-0.25, -0.2) is 9.69 Å². The molecule has 108 valence electrons. The molecule has 0 aromatic carbocycles. The summed E-state index contributed by atoms with van der Waals surface area (Å²) < 4.78 is 4.78. The van der Waals surface area contributed by atoms with Crippen LogP contribution in [0.1, 0.15) is 19.8 Å². The average molecular weight is 269 g/mol. The Morgan fingerprint density at radius 1 is 1.37 bits per heavy atom. The highest BCUT2D eigenvalue weighted by atomic mass is 16.6. The van der Waals surface area contributed by atoms with E-state index < -0.39 is 6.09 Å². The largest absolute Gasteiger partial charge is 0.447 e. The number of piperidine rings is 1. The maximum absolute atomic E-state index is 11.9. The number of carbonyl (C=O) groups excluding carboxylic acids is 2. The molecule has 0 spiro atoms. The van der Waals surface area contributed by atoms with Crippen LogP contribution in [0.3, 0.4) is 0 Å². The Morgan fingerprint density at radius 3 is 2.68 bits per heavy atom. The predicted molar refractivity (Wildman–Crippen MR) is 70.8 cm³/mol. The number of hydrogen-bond acceptors (Lipinski definition) is 5. The molecule has 0 aliphatic carbocycles. The van der Waals surface area contributed by atoms with Crippen molar-refractivity contribution >= 4 is 12.0 Å². The zero-order chi connectivity index (χ0) is 13.7. The number of ether oxygens (including phenoxy) is 1. The highest BCUT2D eigenvalue weighted by Gasteiger charge is 2.30. The summed E-state index contributed by atoms with van der Waals surface area (Å²) in [6.07, 6.45) is 1.74. The molecule has 2 aliphatic rings. The number of imide groups is 1. The van der Waals surface area contributed by atoms with E-state index in [2.05, 4.69) is 17.1 Å². The fraction of sp³-hybridized carbons (Fsp3) is 0.846. The normalized spacial score (nSPS) is 21.7. The summed E-state index contributed by atoms with van der Waals surface area (Å²) in [6, 6.07) is 0. The topological polar surface area (TPSA) is 61.9 Å². The molecule has 0 aromatic heterocycles. The van der Waals surface area contributed by atoms with Gasteiger partial charge in [-0.15, -0.1) is 0 Å². The van der Waals surface area contributed by atoms with Crippen LogP contribution >= 0.6 is 0 Å². The summed E-state index contributed by atoms with van der Waals surface area (Å²) in [4.78, 5) is 26.6. The number of cyclic esters (lactones) is 1. The van der Waals surface area contributed by atoms with Gasteiger partial charge in [-0.1, -0.05) is 6.92 Å². The second kappa shape index (κ2) is 6.86. The summed E-state index contributed by atoms with van der Waals surface area (Å²) in [5, 5.41) is 3.37. The maximum Gasteiger partial charge on any atom is 0.416 e. The summed E-state index contributed by atoms with van der Waals surface area (Å²) in [7, 11) is 0. The molecule has 0 saturated carbocycles. The highest BCUT2D eigenvalue weighted by molar-refractivity contribution is 5.94. The second-order valence-corrected chi connectivity index (χ2v) is 5.19. The first-order chi connectivity index (χ1) is 9.20. The second-order valence-electron chi connectivity index (χ2n) is 5.19. The van der Waals surface area contributed by atoms with Crippen LogP contribution in [0.5, 0.6) is 0 Å². The molecule has 19 heavy (non-hydrogen) atoms. The number of likely N-dealkylation sites (tertiary alicyclic amines) is 1. The molecule has 2 heterocycles. The molecular formula is C13H23N3O3. The van der Waals surface area contributed by atoms with Crippen molar-refractivity contribution in [2.45, 2.75) is 19.8 Å². The van der Waals surface area contributed by atoms with Crippen molar-refractivity contribution in [3.05, 3.63) is 0 Å². The van der Waals surface area contributed by atoms with E-state index in [9.17, 15) is 9.59 Å². The van der Waals surface area contributed by atoms with Crippen LogP contribution in [-0.2, 0) is 9.53 Å². The molecule has 0 aromatic rings. The fourth-order valence-electron chi connectivity index (χ4n) is 2.59. The van der Waals surface area contributed by atoms with Gasteiger partial charge in [0.15, 0.2) is 0 Å². The van der Waals surface area contributed by atoms with Gasteiger partial charge in [0.1, 0.15) is 6.61 Å². The van der Waals surface area contributed by atoms with Gasteiger partial charge in [0, 0.05) is 0 Å². The molecule has 2 fully saturated rings.